The third-order valence-corrected chi connectivity index (χ3v) is 6.08. The van der Waals surface area contributed by atoms with Gasteiger partial charge in [-0.25, -0.2) is 4.79 Å². The maximum atomic E-state index is 12.0. The molecule has 13 heteroatoms. The van der Waals surface area contributed by atoms with Crippen molar-refractivity contribution in [3.05, 3.63) is 55.4 Å². The number of nitro benzene ring substituents is 1. The SMILES string of the molecule is CCn1c(S/C(=C\c2cc(Br)cc([N+](=O)[O-])c2O)C(=O)O)nnc1-c1cc(OC)cc(OC)c1. The second-order valence-electron chi connectivity index (χ2n) is 6.69. The Morgan fingerprint density at radius 2 is 1.85 bits per heavy atom. The molecular formula is C21H19BrN4O7S. The number of carboxylic acid groups (broad SMARTS) is 1. The van der Waals surface area contributed by atoms with Crippen molar-refractivity contribution >= 4 is 45.4 Å². The maximum Gasteiger partial charge on any atom is 0.342 e. The third-order valence-electron chi connectivity index (χ3n) is 4.62. The van der Waals surface area contributed by atoms with Crippen LogP contribution in [-0.4, -0.2) is 50.1 Å². The highest BCUT2D eigenvalue weighted by atomic mass is 79.9. The first kappa shape index (κ1) is 25.1. The van der Waals surface area contributed by atoms with Gasteiger partial charge in [-0.05, 0) is 43.0 Å². The molecule has 0 aliphatic heterocycles. The van der Waals surface area contributed by atoms with E-state index in [-0.39, 0.29) is 15.6 Å². The summed E-state index contributed by atoms with van der Waals surface area (Å²) in [6.07, 6.45) is 1.14. The van der Waals surface area contributed by atoms with Crippen molar-refractivity contribution in [3.8, 4) is 28.6 Å². The molecule has 3 rings (SSSR count). The molecule has 2 N–H and O–H groups in total. The summed E-state index contributed by atoms with van der Waals surface area (Å²) in [5.74, 6) is -0.386. The van der Waals surface area contributed by atoms with Crippen LogP contribution < -0.4 is 9.47 Å². The number of hydrogen-bond acceptors (Lipinski definition) is 9. The van der Waals surface area contributed by atoms with Crippen molar-refractivity contribution in [2.24, 2.45) is 0 Å². The van der Waals surface area contributed by atoms with E-state index in [1.165, 1.54) is 20.3 Å². The summed E-state index contributed by atoms with van der Waals surface area (Å²) in [6.45, 7) is 2.27. The van der Waals surface area contributed by atoms with Gasteiger partial charge in [-0.3, -0.25) is 10.1 Å². The summed E-state index contributed by atoms with van der Waals surface area (Å²) in [7, 11) is 3.05. The molecule has 0 aliphatic carbocycles. The van der Waals surface area contributed by atoms with Crippen LogP contribution in [0.25, 0.3) is 17.5 Å². The number of aromatic nitrogens is 3. The first-order valence-corrected chi connectivity index (χ1v) is 11.3. The highest BCUT2D eigenvalue weighted by Crippen LogP contribution is 2.38. The number of nitro groups is 1. The van der Waals surface area contributed by atoms with Gasteiger partial charge in [-0.15, -0.1) is 10.2 Å². The largest absolute Gasteiger partial charge is 0.502 e. The van der Waals surface area contributed by atoms with E-state index in [9.17, 15) is 25.1 Å². The highest BCUT2D eigenvalue weighted by molar-refractivity contribution is 9.10. The number of ether oxygens (including phenoxy) is 2. The molecule has 0 saturated heterocycles. The van der Waals surface area contributed by atoms with Crippen LogP contribution in [-0.2, 0) is 11.3 Å². The van der Waals surface area contributed by atoms with Crippen molar-refractivity contribution in [2.45, 2.75) is 18.6 Å². The van der Waals surface area contributed by atoms with Crippen molar-refractivity contribution in [1.82, 2.24) is 14.8 Å². The normalized spacial score (nSPS) is 11.4. The van der Waals surface area contributed by atoms with Crippen molar-refractivity contribution in [2.75, 3.05) is 14.2 Å². The second kappa shape index (κ2) is 10.6. The molecule has 1 heterocycles. The number of methoxy groups -OCH3 is 2. The van der Waals surface area contributed by atoms with Gasteiger partial charge in [0.1, 0.15) is 16.4 Å². The summed E-state index contributed by atoms with van der Waals surface area (Å²) in [5.41, 5.74) is 0.0613. The maximum absolute atomic E-state index is 12.0. The van der Waals surface area contributed by atoms with Crippen LogP contribution in [0.5, 0.6) is 17.2 Å². The van der Waals surface area contributed by atoms with E-state index in [2.05, 4.69) is 26.1 Å². The number of nitrogens with zero attached hydrogens (tertiary/aromatic N) is 4. The number of hydrogen-bond donors (Lipinski definition) is 2. The molecule has 1 aromatic heterocycles. The Kier molecular flexibility index (Phi) is 7.79. The van der Waals surface area contributed by atoms with Gasteiger partial charge >= 0.3 is 11.7 Å². The lowest BCUT2D eigenvalue weighted by Crippen LogP contribution is -2.03. The van der Waals surface area contributed by atoms with Crippen LogP contribution in [0.1, 0.15) is 12.5 Å². The first-order chi connectivity index (χ1) is 16.2. The number of carboxylic acids is 1. The van der Waals surface area contributed by atoms with E-state index >= 15 is 0 Å². The number of carbonyl (C=O) groups is 1. The lowest BCUT2D eigenvalue weighted by atomic mass is 10.1. The van der Waals surface area contributed by atoms with Gasteiger partial charge in [-0.1, -0.05) is 15.9 Å². The Morgan fingerprint density at radius 3 is 2.38 bits per heavy atom. The van der Waals surface area contributed by atoms with Gasteiger partial charge in [0.2, 0.25) is 5.75 Å². The first-order valence-electron chi connectivity index (χ1n) is 9.64. The Labute approximate surface area is 206 Å². The summed E-state index contributed by atoms with van der Waals surface area (Å²) in [4.78, 5) is 22.2. The number of phenolic OH excluding ortho intramolecular Hbond substituents is 1. The van der Waals surface area contributed by atoms with Crippen LogP contribution in [0.2, 0.25) is 0 Å². The summed E-state index contributed by atoms with van der Waals surface area (Å²) in [6, 6.07) is 7.72. The molecule has 0 unspecified atom stereocenters. The highest BCUT2D eigenvalue weighted by Gasteiger charge is 2.22. The summed E-state index contributed by atoms with van der Waals surface area (Å²) < 4.78 is 12.6. The third kappa shape index (κ3) is 5.31. The molecule has 0 aliphatic rings. The molecule has 0 atom stereocenters. The molecule has 0 bridgehead atoms. The molecule has 0 radical (unpaired) electrons. The van der Waals surface area contributed by atoms with Crippen molar-refractivity contribution in [1.29, 1.82) is 0 Å². The number of thioether (sulfide) groups is 1. The molecule has 2 aromatic carbocycles. The van der Waals surface area contributed by atoms with Crippen LogP contribution in [0.4, 0.5) is 5.69 Å². The molecular weight excluding hydrogens is 532 g/mol. The van der Waals surface area contributed by atoms with Crippen LogP contribution in [0.15, 0.2) is 44.9 Å². The molecule has 0 saturated carbocycles. The average Bonchev–Trinajstić information content (AvgIpc) is 3.22. The molecule has 11 nitrogen and oxygen atoms in total. The van der Waals surface area contributed by atoms with Gasteiger partial charge in [0.05, 0.1) is 19.1 Å². The second-order valence-corrected chi connectivity index (χ2v) is 8.61. The smallest absolute Gasteiger partial charge is 0.342 e. The van der Waals surface area contributed by atoms with Crippen molar-refractivity contribution in [3.63, 3.8) is 0 Å². The van der Waals surface area contributed by atoms with E-state index in [1.807, 2.05) is 6.92 Å². The Hall–Kier alpha value is -3.58. The van der Waals surface area contributed by atoms with Crippen LogP contribution >= 0.6 is 27.7 Å². The molecule has 0 fully saturated rings. The summed E-state index contributed by atoms with van der Waals surface area (Å²) >= 11 is 3.94. The fourth-order valence-electron chi connectivity index (χ4n) is 3.03. The van der Waals surface area contributed by atoms with Crippen LogP contribution in [0, 0.1) is 10.1 Å². The number of benzene rings is 2. The van der Waals surface area contributed by atoms with Crippen LogP contribution in [0.3, 0.4) is 0 Å². The van der Waals surface area contributed by atoms with Gasteiger partial charge in [0.25, 0.3) is 0 Å². The lowest BCUT2D eigenvalue weighted by Gasteiger charge is -2.10. The van der Waals surface area contributed by atoms with E-state index < -0.39 is 22.3 Å². The minimum atomic E-state index is -1.30. The minimum absolute atomic E-state index is 0.0358. The van der Waals surface area contributed by atoms with Gasteiger partial charge < -0.3 is 24.3 Å². The predicted octanol–water partition coefficient (Wildman–Crippen LogP) is 4.58. The predicted molar refractivity (Wildman–Crippen MR) is 128 cm³/mol. The number of halogens is 1. The van der Waals surface area contributed by atoms with Gasteiger partial charge in [-0.2, -0.15) is 0 Å². The summed E-state index contributed by atoms with van der Waals surface area (Å²) in [5, 5.41) is 39.8. The van der Waals surface area contributed by atoms with E-state index in [0.717, 1.165) is 23.9 Å². The fraction of sp³-hybridized carbons (Fsp3) is 0.190. The standard InChI is InChI=1S/C21H19BrN4O7S/c1-4-25-19(12-6-14(32-2)10-15(7-12)33-3)23-24-21(25)34-17(20(28)29)8-11-5-13(22)9-16(18(11)27)26(30)31/h5-10,27H,4H2,1-3H3,(H,28,29)/b17-8-. The Balaban J connectivity index is 2.06. The quantitative estimate of drug-likeness (QED) is 0.167. The number of rotatable bonds is 9. The van der Waals surface area contributed by atoms with Crippen molar-refractivity contribution < 1.29 is 29.4 Å². The molecule has 3 aromatic rings. The topological polar surface area (TPSA) is 150 Å². The van der Waals surface area contributed by atoms with E-state index in [1.54, 1.807) is 22.8 Å². The Bertz CT molecular complexity index is 1270. The molecule has 0 amide bonds. The molecule has 34 heavy (non-hydrogen) atoms. The minimum Gasteiger partial charge on any atom is -0.502 e. The number of aliphatic carboxylic acids is 1. The molecule has 178 valence electrons. The van der Waals surface area contributed by atoms with Gasteiger partial charge in [0, 0.05) is 34.3 Å². The average molecular weight is 551 g/mol. The number of aromatic hydroxyl groups is 1. The van der Waals surface area contributed by atoms with Gasteiger partial charge in [0.15, 0.2) is 11.0 Å². The lowest BCUT2D eigenvalue weighted by molar-refractivity contribution is -0.385. The Morgan fingerprint density at radius 1 is 1.21 bits per heavy atom. The van der Waals surface area contributed by atoms with E-state index in [4.69, 9.17) is 9.47 Å². The zero-order valence-corrected chi connectivity index (χ0v) is 20.6. The zero-order chi connectivity index (χ0) is 25.0. The van der Waals surface area contributed by atoms with E-state index in [0.29, 0.717) is 33.9 Å². The molecule has 0 spiro atoms. The fourth-order valence-corrected chi connectivity index (χ4v) is 4.37. The zero-order valence-electron chi connectivity index (χ0n) is 18.2. The number of phenols is 1. The monoisotopic (exact) mass is 550 g/mol.